The van der Waals surface area contributed by atoms with Crippen LogP contribution in [0.25, 0.3) is 0 Å². The Balaban J connectivity index is 1.77. The number of hydrogen-bond acceptors (Lipinski definition) is 5. The molecular formula is C12H13N3O2S. The number of nitrogens with two attached hydrogens (primary N) is 1. The lowest BCUT2D eigenvalue weighted by Crippen LogP contribution is -2.28. The minimum absolute atomic E-state index is 0.0560. The van der Waals surface area contributed by atoms with Crippen LogP contribution in [0.2, 0.25) is 0 Å². The van der Waals surface area contributed by atoms with E-state index in [4.69, 9.17) is 10.5 Å². The van der Waals surface area contributed by atoms with Crippen LogP contribution >= 0.6 is 11.3 Å². The molecule has 18 heavy (non-hydrogen) atoms. The van der Waals surface area contributed by atoms with Crippen molar-refractivity contribution in [2.45, 2.75) is 6.54 Å². The number of aromatic nitrogens is 1. The molecule has 3 N–H and O–H groups in total. The highest BCUT2D eigenvalue weighted by Crippen LogP contribution is 2.19. The van der Waals surface area contributed by atoms with Crippen molar-refractivity contribution in [1.29, 1.82) is 0 Å². The van der Waals surface area contributed by atoms with Crippen LogP contribution in [0.5, 0.6) is 5.75 Å². The van der Waals surface area contributed by atoms with E-state index in [1.165, 1.54) is 11.3 Å². The Morgan fingerprint density at radius 3 is 3.00 bits per heavy atom. The quantitative estimate of drug-likeness (QED) is 0.800. The van der Waals surface area contributed by atoms with Gasteiger partial charge in [0.2, 0.25) is 0 Å². The minimum Gasteiger partial charge on any atom is -0.482 e. The Labute approximate surface area is 109 Å². The van der Waals surface area contributed by atoms with Crippen molar-refractivity contribution in [2.75, 3.05) is 12.3 Å². The third-order valence-electron chi connectivity index (χ3n) is 2.20. The van der Waals surface area contributed by atoms with Gasteiger partial charge in [0.25, 0.3) is 5.91 Å². The molecule has 0 saturated carbocycles. The van der Waals surface area contributed by atoms with Gasteiger partial charge >= 0.3 is 0 Å². The highest BCUT2D eigenvalue weighted by Gasteiger charge is 2.05. The topological polar surface area (TPSA) is 77.2 Å². The second-order valence-electron chi connectivity index (χ2n) is 3.53. The van der Waals surface area contributed by atoms with Crippen LogP contribution in [0.4, 0.5) is 5.69 Å². The molecule has 0 bridgehead atoms. The van der Waals surface area contributed by atoms with Gasteiger partial charge in [0.15, 0.2) is 6.61 Å². The number of anilines is 1. The number of nitrogen functional groups attached to an aromatic ring is 1. The number of para-hydroxylation sites is 2. The van der Waals surface area contributed by atoms with Gasteiger partial charge in [-0.3, -0.25) is 4.79 Å². The van der Waals surface area contributed by atoms with Crippen LogP contribution in [-0.2, 0) is 11.3 Å². The largest absolute Gasteiger partial charge is 0.482 e. The van der Waals surface area contributed by atoms with Crippen molar-refractivity contribution in [2.24, 2.45) is 0 Å². The number of ether oxygens (including phenoxy) is 1. The summed E-state index contributed by atoms with van der Waals surface area (Å²) in [6.07, 6.45) is 1.70. The van der Waals surface area contributed by atoms with Crippen LogP contribution in [0.1, 0.15) is 5.01 Å². The van der Waals surface area contributed by atoms with Crippen molar-refractivity contribution >= 4 is 22.9 Å². The first-order valence-electron chi connectivity index (χ1n) is 5.38. The monoisotopic (exact) mass is 263 g/mol. The molecule has 0 spiro atoms. The Kier molecular flexibility index (Phi) is 4.14. The van der Waals surface area contributed by atoms with Crippen molar-refractivity contribution in [3.05, 3.63) is 40.8 Å². The lowest BCUT2D eigenvalue weighted by atomic mass is 10.3. The SMILES string of the molecule is Nc1ccccc1OCC(=O)NCc1nccs1. The zero-order valence-corrected chi connectivity index (χ0v) is 10.4. The molecule has 0 unspecified atom stereocenters. The number of benzene rings is 1. The molecule has 1 amide bonds. The molecule has 2 rings (SSSR count). The summed E-state index contributed by atoms with van der Waals surface area (Å²) in [5.41, 5.74) is 6.21. The van der Waals surface area contributed by atoms with Crippen molar-refractivity contribution in [3.63, 3.8) is 0 Å². The van der Waals surface area contributed by atoms with Gasteiger partial charge in [-0.05, 0) is 12.1 Å². The van der Waals surface area contributed by atoms with E-state index in [0.29, 0.717) is 18.0 Å². The van der Waals surface area contributed by atoms with Gasteiger partial charge in [0.1, 0.15) is 10.8 Å². The van der Waals surface area contributed by atoms with E-state index in [9.17, 15) is 4.79 Å². The summed E-state index contributed by atoms with van der Waals surface area (Å²) < 4.78 is 5.31. The van der Waals surface area contributed by atoms with E-state index >= 15 is 0 Å². The maximum Gasteiger partial charge on any atom is 0.258 e. The molecule has 1 aromatic heterocycles. The lowest BCUT2D eigenvalue weighted by molar-refractivity contribution is -0.123. The number of thiazole rings is 1. The van der Waals surface area contributed by atoms with Crippen molar-refractivity contribution in [3.8, 4) is 5.75 Å². The van der Waals surface area contributed by atoms with Crippen LogP contribution in [-0.4, -0.2) is 17.5 Å². The molecule has 0 atom stereocenters. The predicted molar refractivity (Wildman–Crippen MR) is 70.3 cm³/mol. The van der Waals surface area contributed by atoms with Crippen LogP contribution < -0.4 is 15.8 Å². The van der Waals surface area contributed by atoms with Gasteiger partial charge < -0.3 is 15.8 Å². The van der Waals surface area contributed by atoms with E-state index < -0.39 is 0 Å². The van der Waals surface area contributed by atoms with Gasteiger partial charge in [-0.2, -0.15) is 0 Å². The van der Waals surface area contributed by atoms with Crippen LogP contribution in [0, 0.1) is 0 Å². The lowest BCUT2D eigenvalue weighted by Gasteiger charge is -2.08. The van der Waals surface area contributed by atoms with Gasteiger partial charge in [0, 0.05) is 11.6 Å². The average Bonchev–Trinajstić information content (AvgIpc) is 2.88. The first kappa shape index (κ1) is 12.4. The molecule has 1 aromatic carbocycles. The first-order chi connectivity index (χ1) is 8.75. The molecule has 6 heteroatoms. The van der Waals surface area contributed by atoms with E-state index in [1.807, 2.05) is 11.4 Å². The normalized spacial score (nSPS) is 10.0. The van der Waals surface area contributed by atoms with Crippen LogP contribution in [0.15, 0.2) is 35.8 Å². The summed E-state index contributed by atoms with van der Waals surface area (Å²) in [6.45, 7) is 0.365. The smallest absolute Gasteiger partial charge is 0.258 e. The van der Waals surface area contributed by atoms with Gasteiger partial charge in [0.05, 0.1) is 12.2 Å². The Bertz CT molecular complexity index is 514. The number of carbonyl (C=O) groups excluding carboxylic acids is 1. The third kappa shape index (κ3) is 3.46. The Morgan fingerprint density at radius 2 is 2.28 bits per heavy atom. The summed E-state index contributed by atoms with van der Waals surface area (Å²) in [5.74, 6) is 0.315. The number of carbonyl (C=O) groups is 1. The van der Waals surface area contributed by atoms with E-state index in [0.717, 1.165) is 5.01 Å². The first-order valence-corrected chi connectivity index (χ1v) is 6.26. The van der Waals surface area contributed by atoms with Gasteiger partial charge in [-0.25, -0.2) is 4.98 Å². The van der Waals surface area contributed by atoms with Crippen LogP contribution in [0.3, 0.4) is 0 Å². The summed E-state index contributed by atoms with van der Waals surface area (Å²) in [7, 11) is 0. The third-order valence-corrected chi connectivity index (χ3v) is 2.98. The fourth-order valence-corrected chi connectivity index (χ4v) is 1.88. The molecule has 94 valence electrons. The molecule has 5 nitrogen and oxygen atoms in total. The highest BCUT2D eigenvalue weighted by molar-refractivity contribution is 7.09. The maximum atomic E-state index is 11.5. The molecule has 0 aliphatic heterocycles. The fourth-order valence-electron chi connectivity index (χ4n) is 1.32. The molecular weight excluding hydrogens is 250 g/mol. The number of nitrogens with zero attached hydrogens (tertiary/aromatic N) is 1. The predicted octanol–water partition coefficient (Wildman–Crippen LogP) is 1.42. The fraction of sp³-hybridized carbons (Fsp3) is 0.167. The zero-order chi connectivity index (χ0) is 12.8. The van der Waals surface area contributed by atoms with E-state index in [-0.39, 0.29) is 12.5 Å². The van der Waals surface area contributed by atoms with E-state index in [1.54, 1.807) is 24.4 Å². The minimum atomic E-state index is -0.201. The number of nitrogens with one attached hydrogen (secondary N) is 1. The molecule has 0 fully saturated rings. The molecule has 2 aromatic rings. The van der Waals surface area contributed by atoms with Crippen molar-refractivity contribution < 1.29 is 9.53 Å². The number of hydrogen-bond donors (Lipinski definition) is 2. The summed E-state index contributed by atoms with van der Waals surface area (Å²) in [5, 5.41) is 5.45. The van der Waals surface area contributed by atoms with E-state index in [2.05, 4.69) is 10.3 Å². The second-order valence-corrected chi connectivity index (χ2v) is 4.51. The Morgan fingerprint density at radius 1 is 1.44 bits per heavy atom. The zero-order valence-electron chi connectivity index (χ0n) is 9.63. The summed E-state index contributed by atoms with van der Waals surface area (Å²) in [6, 6.07) is 7.07. The number of amides is 1. The molecule has 1 heterocycles. The number of rotatable bonds is 5. The molecule has 0 saturated heterocycles. The van der Waals surface area contributed by atoms with Crippen molar-refractivity contribution in [1.82, 2.24) is 10.3 Å². The molecule has 0 radical (unpaired) electrons. The second kappa shape index (κ2) is 6.02. The van der Waals surface area contributed by atoms with Gasteiger partial charge in [-0.1, -0.05) is 12.1 Å². The molecule has 0 aliphatic rings. The summed E-state index contributed by atoms with van der Waals surface area (Å²) >= 11 is 1.50. The maximum absolute atomic E-state index is 11.5. The average molecular weight is 263 g/mol. The van der Waals surface area contributed by atoms with Gasteiger partial charge in [-0.15, -0.1) is 11.3 Å². The standard InChI is InChI=1S/C12H13N3O2S/c13-9-3-1-2-4-10(9)17-8-11(16)15-7-12-14-5-6-18-12/h1-6H,7-8,13H2,(H,15,16). The Hall–Kier alpha value is -2.08. The summed E-state index contributed by atoms with van der Waals surface area (Å²) in [4.78, 5) is 15.6. The highest BCUT2D eigenvalue weighted by atomic mass is 32.1. The molecule has 0 aliphatic carbocycles.